The number of fused-ring (bicyclic) bond motifs is 1. The summed E-state index contributed by atoms with van der Waals surface area (Å²) in [6.45, 7) is -0.208. The Kier molecular flexibility index (Phi) is 4.92. The molecule has 3 amide bonds. The van der Waals surface area contributed by atoms with E-state index in [1.807, 2.05) is 29.6 Å². The van der Waals surface area contributed by atoms with E-state index in [1.54, 1.807) is 11.5 Å². The van der Waals surface area contributed by atoms with E-state index >= 15 is 0 Å². The quantitative estimate of drug-likeness (QED) is 0.608. The van der Waals surface area contributed by atoms with E-state index < -0.39 is 29.7 Å². The molecule has 0 radical (unpaired) electrons. The summed E-state index contributed by atoms with van der Waals surface area (Å²) in [6, 6.07) is -1.09. The van der Waals surface area contributed by atoms with Gasteiger partial charge in [-0.1, -0.05) is 35.9 Å². The summed E-state index contributed by atoms with van der Waals surface area (Å²) in [7, 11) is 0. The number of carbonyl (C=O) groups excluding carboxylic acids is 2. The SMILES string of the molecule is O=C1N[C@](Nc2ncc(Cl)cn2)(C(F)(F)F)C(=O)N1CCC1=CN[C@H]2C=CC=C[C@H]12. The van der Waals surface area contributed by atoms with Gasteiger partial charge in [0.1, 0.15) is 0 Å². The first-order valence-electron chi connectivity index (χ1n) is 8.98. The fourth-order valence-electron chi connectivity index (χ4n) is 3.57. The first-order valence-corrected chi connectivity index (χ1v) is 9.35. The monoisotopic (exact) mass is 440 g/mol. The van der Waals surface area contributed by atoms with Crippen molar-refractivity contribution in [2.75, 3.05) is 11.9 Å². The molecule has 12 heteroatoms. The molecule has 1 aliphatic carbocycles. The molecule has 1 aromatic heterocycles. The molecule has 0 bridgehead atoms. The second-order valence-electron chi connectivity index (χ2n) is 6.94. The van der Waals surface area contributed by atoms with Crippen molar-refractivity contribution in [2.45, 2.75) is 24.3 Å². The van der Waals surface area contributed by atoms with Crippen LogP contribution in [0.2, 0.25) is 5.02 Å². The zero-order chi connectivity index (χ0) is 21.5. The van der Waals surface area contributed by atoms with E-state index in [1.165, 1.54) is 0 Å². The lowest BCUT2D eigenvalue weighted by atomic mass is 9.90. The molecule has 3 N–H and O–H groups in total. The number of hydrogen-bond donors (Lipinski definition) is 3. The number of hydrogen-bond acceptors (Lipinski definition) is 6. The molecule has 158 valence electrons. The van der Waals surface area contributed by atoms with E-state index in [0.29, 0.717) is 4.90 Å². The van der Waals surface area contributed by atoms with Crippen LogP contribution in [0.15, 0.2) is 48.5 Å². The molecular formula is C18H16ClF3N6O2. The van der Waals surface area contributed by atoms with Gasteiger partial charge in [-0.3, -0.25) is 15.0 Å². The molecular weight excluding hydrogens is 425 g/mol. The number of halogens is 4. The Balaban J connectivity index is 1.52. The Hall–Kier alpha value is -3.08. The van der Waals surface area contributed by atoms with E-state index in [-0.39, 0.29) is 29.9 Å². The molecule has 1 fully saturated rings. The maximum absolute atomic E-state index is 13.9. The van der Waals surface area contributed by atoms with Gasteiger partial charge in [0.05, 0.1) is 23.5 Å². The van der Waals surface area contributed by atoms with Crippen LogP contribution in [-0.4, -0.2) is 51.2 Å². The molecule has 3 atom stereocenters. The van der Waals surface area contributed by atoms with Crippen LogP contribution in [0, 0.1) is 5.92 Å². The maximum Gasteiger partial charge on any atom is 0.440 e. The van der Waals surface area contributed by atoms with E-state index in [0.717, 1.165) is 18.0 Å². The first-order chi connectivity index (χ1) is 14.2. The van der Waals surface area contributed by atoms with Crippen LogP contribution >= 0.6 is 11.6 Å². The largest absolute Gasteiger partial charge is 0.440 e. The van der Waals surface area contributed by atoms with Gasteiger partial charge in [-0.05, 0) is 18.2 Å². The lowest BCUT2D eigenvalue weighted by molar-refractivity contribution is -0.188. The van der Waals surface area contributed by atoms with Gasteiger partial charge in [0.15, 0.2) is 0 Å². The highest BCUT2D eigenvalue weighted by atomic mass is 35.5. The van der Waals surface area contributed by atoms with Crippen LogP contribution in [0.1, 0.15) is 6.42 Å². The molecule has 3 aliphatic rings. The number of nitrogens with one attached hydrogen (secondary N) is 3. The zero-order valence-electron chi connectivity index (χ0n) is 15.3. The summed E-state index contributed by atoms with van der Waals surface area (Å²) >= 11 is 5.64. The van der Waals surface area contributed by atoms with Crippen molar-refractivity contribution >= 4 is 29.5 Å². The molecule has 30 heavy (non-hydrogen) atoms. The normalized spacial score (nSPS) is 27.6. The standard InChI is InChI=1S/C18H16ClF3N6O2/c19-11-8-24-15(25-9-11)26-17(18(20,21)22)14(29)28(16(30)27-17)6-5-10-7-23-13-4-2-1-3-12(10)13/h1-4,7-9,12-13,23H,5-6H2,(H,27,30)(H,24,25,26)/t12-,13+,17+/m1/s1. The van der Waals surface area contributed by atoms with Crippen LogP contribution in [-0.2, 0) is 4.79 Å². The number of anilines is 1. The predicted molar refractivity (Wildman–Crippen MR) is 101 cm³/mol. The van der Waals surface area contributed by atoms with Gasteiger partial charge in [-0.25, -0.2) is 14.8 Å². The molecule has 4 rings (SSSR count). The summed E-state index contributed by atoms with van der Waals surface area (Å²) in [5.74, 6) is -1.94. The highest BCUT2D eigenvalue weighted by molar-refractivity contribution is 6.30. The van der Waals surface area contributed by atoms with Crippen LogP contribution in [0.4, 0.5) is 23.9 Å². The molecule has 0 unspecified atom stereocenters. The molecule has 1 saturated heterocycles. The van der Waals surface area contributed by atoms with Crippen LogP contribution in [0.3, 0.4) is 0 Å². The number of aromatic nitrogens is 2. The Morgan fingerprint density at radius 3 is 2.60 bits per heavy atom. The lowest BCUT2D eigenvalue weighted by Crippen LogP contribution is -2.64. The van der Waals surface area contributed by atoms with Crippen LogP contribution < -0.4 is 16.0 Å². The number of imide groups is 1. The molecule has 0 saturated carbocycles. The van der Waals surface area contributed by atoms with Crippen LogP contribution in [0.5, 0.6) is 0 Å². The van der Waals surface area contributed by atoms with Gasteiger partial charge in [0, 0.05) is 12.5 Å². The highest BCUT2D eigenvalue weighted by Crippen LogP contribution is 2.37. The molecule has 1 aromatic rings. The minimum atomic E-state index is -5.15. The van der Waals surface area contributed by atoms with Gasteiger partial charge >= 0.3 is 12.2 Å². The number of amides is 3. The maximum atomic E-state index is 13.9. The average molecular weight is 441 g/mol. The van der Waals surface area contributed by atoms with Gasteiger partial charge in [-0.2, -0.15) is 13.2 Å². The van der Waals surface area contributed by atoms with E-state index in [9.17, 15) is 22.8 Å². The molecule has 8 nitrogen and oxygen atoms in total. The topological polar surface area (TPSA) is 99.2 Å². The van der Waals surface area contributed by atoms with Crippen molar-refractivity contribution in [3.63, 3.8) is 0 Å². The third kappa shape index (κ3) is 3.38. The summed E-state index contributed by atoms with van der Waals surface area (Å²) in [5.41, 5.74) is -2.48. The molecule has 0 spiro atoms. The average Bonchev–Trinajstić information content (AvgIpc) is 3.21. The van der Waals surface area contributed by atoms with Gasteiger partial charge < -0.3 is 10.6 Å². The Morgan fingerprint density at radius 2 is 1.90 bits per heavy atom. The molecule has 2 aliphatic heterocycles. The number of nitrogens with zero attached hydrogens (tertiary/aromatic N) is 3. The van der Waals surface area contributed by atoms with E-state index in [2.05, 4.69) is 15.3 Å². The fraction of sp³-hybridized carbons (Fsp3) is 0.333. The summed E-state index contributed by atoms with van der Waals surface area (Å²) in [4.78, 5) is 32.9. The lowest BCUT2D eigenvalue weighted by Gasteiger charge is -2.29. The van der Waals surface area contributed by atoms with Crippen molar-refractivity contribution in [1.82, 2.24) is 25.5 Å². The van der Waals surface area contributed by atoms with Crippen LogP contribution in [0.25, 0.3) is 0 Å². The highest BCUT2D eigenvalue weighted by Gasteiger charge is 2.68. The van der Waals surface area contributed by atoms with Crippen molar-refractivity contribution < 1.29 is 22.8 Å². The second-order valence-corrected chi connectivity index (χ2v) is 7.38. The smallest absolute Gasteiger partial charge is 0.384 e. The van der Waals surface area contributed by atoms with Gasteiger partial charge in [-0.15, -0.1) is 0 Å². The summed E-state index contributed by atoms with van der Waals surface area (Å²) in [6.07, 6.45) is 6.69. The summed E-state index contributed by atoms with van der Waals surface area (Å²) in [5, 5.41) is 6.92. The van der Waals surface area contributed by atoms with Gasteiger partial charge in [0.2, 0.25) is 5.95 Å². The third-order valence-corrected chi connectivity index (χ3v) is 5.29. The van der Waals surface area contributed by atoms with E-state index in [4.69, 9.17) is 11.6 Å². The fourth-order valence-corrected chi connectivity index (χ4v) is 3.67. The van der Waals surface area contributed by atoms with Gasteiger partial charge in [0.25, 0.3) is 11.6 Å². The molecule has 0 aromatic carbocycles. The summed E-state index contributed by atoms with van der Waals surface area (Å²) < 4.78 is 41.7. The Bertz CT molecular complexity index is 962. The minimum Gasteiger partial charge on any atom is -0.384 e. The second kappa shape index (κ2) is 7.31. The Morgan fingerprint density at radius 1 is 1.20 bits per heavy atom. The Labute approximate surface area is 173 Å². The number of allylic oxidation sites excluding steroid dienone is 2. The number of rotatable bonds is 5. The predicted octanol–water partition coefficient (Wildman–Crippen LogP) is 2.34. The van der Waals surface area contributed by atoms with Crippen molar-refractivity contribution in [3.8, 4) is 0 Å². The third-order valence-electron chi connectivity index (χ3n) is 5.10. The van der Waals surface area contributed by atoms with Crippen molar-refractivity contribution in [1.29, 1.82) is 0 Å². The number of urea groups is 1. The zero-order valence-corrected chi connectivity index (χ0v) is 16.0. The minimum absolute atomic E-state index is 0.0312. The first kappa shape index (κ1) is 20.2. The number of carbonyl (C=O) groups is 2. The molecule has 3 heterocycles. The van der Waals surface area contributed by atoms with Crippen molar-refractivity contribution in [3.05, 3.63) is 53.5 Å². The van der Waals surface area contributed by atoms with Crippen molar-refractivity contribution in [2.24, 2.45) is 5.92 Å². The number of alkyl halides is 3.